The highest BCUT2D eigenvalue weighted by atomic mass is 16.5. The number of β-lactam (4-membered cyclic amide) rings is 1. The van der Waals surface area contributed by atoms with E-state index in [9.17, 15) is 9.59 Å². The highest BCUT2D eigenvalue weighted by Gasteiger charge is 2.29. The van der Waals surface area contributed by atoms with Crippen molar-refractivity contribution in [2.45, 2.75) is 57.9 Å². The molecule has 0 aromatic heterocycles. The minimum atomic E-state index is -0.485. The number of hydrogen-bond acceptors (Lipinski definition) is 3. The summed E-state index contributed by atoms with van der Waals surface area (Å²) >= 11 is 0. The number of carbonyl (C=O) groups is 2. The van der Waals surface area contributed by atoms with Gasteiger partial charge in [-0.3, -0.25) is 4.79 Å². The second-order valence-electron chi connectivity index (χ2n) is 4.70. The third-order valence-electron chi connectivity index (χ3n) is 3.07. The molecule has 0 spiro atoms. The maximum Gasteiger partial charge on any atom is 0.407 e. The summed E-state index contributed by atoms with van der Waals surface area (Å²) < 4.78 is 4.99. The fourth-order valence-corrected chi connectivity index (χ4v) is 1.81. The van der Waals surface area contributed by atoms with Crippen molar-refractivity contribution < 1.29 is 14.3 Å². The first kappa shape index (κ1) is 14.8. The van der Waals surface area contributed by atoms with Crippen molar-refractivity contribution in [2.24, 2.45) is 0 Å². The van der Waals surface area contributed by atoms with Crippen LogP contribution in [-0.4, -0.2) is 31.2 Å². The largest absolute Gasteiger partial charge is 0.450 e. The first-order valence-electron chi connectivity index (χ1n) is 6.95. The second-order valence-corrected chi connectivity index (χ2v) is 4.70. The van der Waals surface area contributed by atoms with Crippen molar-refractivity contribution in [3.8, 4) is 0 Å². The smallest absolute Gasteiger partial charge is 0.407 e. The van der Waals surface area contributed by atoms with E-state index in [2.05, 4.69) is 17.6 Å². The molecule has 0 aromatic carbocycles. The van der Waals surface area contributed by atoms with Crippen LogP contribution in [0.25, 0.3) is 0 Å². The maximum absolute atomic E-state index is 11.3. The summed E-state index contributed by atoms with van der Waals surface area (Å²) in [5, 5.41) is 5.07. The zero-order valence-electron chi connectivity index (χ0n) is 11.2. The van der Waals surface area contributed by atoms with E-state index in [-0.39, 0.29) is 5.91 Å². The Morgan fingerprint density at radius 3 is 2.50 bits per heavy atom. The summed E-state index contributed by atoms with van der Waals surface area (Å²) in [6, 6.07) is -0.397. The molecule has 1 atom stereocenters. The molecule has 1 saturated heterocycles. The molecule has 1 fully saturated rings. The normalized spacial score (nSPS) is 17.8. The molecule has 18 heavy (non-hydrogen) atoms. The van der Waals surface area contributed by atoms with Crippen LogP contribution in [0.4, 0.5) is 4.79 Å². The van der Waals surface area contributed by atoms with Gasteiger partial charge >= 0.3 is 6.09 Å². The monoisotopic (exact) mass is 256 g/mol. The van der Waals surface area contributed by atoms with Crippen LogP contribution in [0.15, 0.2) is 0 Å². The Hall–Kier alpha value is -1.26. The Labute approximate surface area is 109 Å². The highest BCUT2D eigenvalue weighted by molar-refractivity contribution is 5.90. The Bertz CT molecular complexity index is 269. The fourth-order valence-electron chi connectivity index (χ4n) is 1.81. The van der Waals surface area contributed by atoms with Crippen LogP contribution in [0, 0.1) is 0 Å². The van der Waals surface area contributed by atoms with E-state index in [1.807, 2.05) is 0 Å². The molecule has 1 aliphatic heterocycles. The minimum Gasteiger partial charge on any atom is -0.450 e. The van der Waals surface area contributed by atoms with E-state index in [1.54, 1.807) is 0 Å². The van der Waals surface area contributed by atoms with Gasteiger partial charge in [-0.2, -0.15) is 0 Å². The van der Waals surface area contributed by atoms with Gasteiger partial charge in [-0.15, -0.1) is 0 Å². The topological polar surface area (TPSA) is 67.4 Å². The third-order valence-corrected chi connectivity index (χ3v) is 3.07. The lowest BCUT2D eigenvalue weighted by Gasteiger charge is -2.26. The second kappa shape index (κ2) is 8.78. The summed E-state index contributed by atoms with van der Waals surface area (Å²) in [5.74, 6) is -0.136. The SMILES string of the molecule is CCCCCCCCCOC(=O)N[C@H]1CNC1=O. The Balaban J connectivity index is 1.85. The number of alkyl carbamates (subject to hydrolysis) is 1. The fraction of sp³-hybridized carbons (Fsp3) is 0.846. The predicted molar refractivity (Wildman–Crippen MR) is 69.3 cm³/mol. The molecule has 104 valence electrons. The first-order valence-corrected chi connectivity index (χ1v) is 6.95. The van der Waals surface area contributed by atoms with Crippen molar-refractivity contribution in [2.75, 3.05) is 13.2 Å². The molecule has 0 aliphatic carbocycles. The lowest BCUT2D eigenvalue weighted by atomic mass is 10.1. The van der Waals surface area contributed by atoms with Gasteiger partial charge in [0.25, 0.3) is 0 Å². The molecule has 2 amide bonds. The summed E-state index contributed by atoms with van der Waals surface area (Å²) in [6.45, 7) is 3.15. The van der Waals surface area contributed by atoms with Gasteiger partial charge in [0.2, 0.25) is 5.91 Å². The van der Waals surface area contributed by atoms with Gasteiger partial charge in [-0.1, -0.05) is 45.4 Å². The predicted octanol–water partition coefficient (Wildman–Crippen LogP) is 1.96. The van der Waals surface area contributed by atoms with Crippen LogP contribution in [0.1, 0.15) is 51.9 Å². The van der Waals surface area contributed by atoms with Crippen molar-refractivity contribution in [3.63, 3.8) is 0 Å². The molecule has 0 radical (unpaired) electrons. The molecule has 5 heteroatoms. The first-order chi connectivity index (χ1) is 8.74. The number of rotatable bonds is 9. The van der Waals surface area contributed by atoms with Gasteiger partial charge < -0.3 is 15.4 Å². The number of amides is 2. The number of ether oxygens (including phenoxy) is 1. The summed E-state index contributed by atoms with van der Waals surface area (Å²) in [4.78, 5) is 22.1. The molecular weight excluding hydrogens is 232 g/mol. The number of nitrogens with one attached hydrogen (secondary N) is 2. The lowest BCUT2D eigenvalue weighted by Crippen LogP contribution is -2.61. The molecular formula is C13H24N2O3. The summed E-state index contributed by atoms with van der Waals surface area (Å²) in [5.41, 5.74) is 0. The van der Waals surface area contributed by atoms with Crippen molar-refractivity contribution >= 4 is 12.0 Å². The quantitative estimate of drug-likeness (QED) is 0.489. The lowest BCUT2D eigenvalue weighted by molar-refractivity contribution is -0.128. The molecule has 0 unspecified atom stereocenters. The molecule has 1 heterocycles. The Morgan fingerprint density at radius 2 is 1.94 bits per heavy atom. The Morgan fingerprint density at radius 1 is 1.28 bits per heavy atom. The molecule has 2 N–H and O–H groups in total. The molecule has 0 aromatic rings. The van der Waals surface area contributed by atoms with Gasteiger partial charge in [0.1, 0.15) is 6.04 Å². The molecule has 5 nitrogen and oxygen atoms in total. The summed E-state index contributed by atoms with van der Waals surface area (Å²) in [6.07, 6.45) is 7.85. The van der Waals surface area contributed by atoms with Crippen molar-refractivity contribution in [1.29, 1.82) is 0 Å². The van der Waals surface area contributed by atoms with Gasteiger partial charge in [-0.25, -0.2) is 4.79 Å². The van der Waals surface area contributed by atoms with E-state index in [4.69, 9.17) is 4.74 Å². The van der Waals surface area contributed by atoms with Crippen LogP contribution in [-0.2, 0) is 9.53 Å². The van der Waals surface area contributed by atoms with Gasteiger partial charge in [0, 0.05) is 6.54 Å². The van der Waals surface area contributed by atoms with Crippen molar-refractivity contribution in [1.82, 2.24) is 10.6 Å². The molecule has 1 aliphatic rings. The van der Waals surface area contributed by atoms with Crippen LogP contribution in [0.3, 0.4) is 0 Å². The van der Waals surface area contributed by atoms with E-state index in [1.165, 1.54) is 32.1 Å². The van der Waals surface area contributed by atoms with E-state index in [0.717, 1.165) is 12.8 Å². The van der Waals surface area contributed by atoms with E-state index in [0.29, 0.717) is 13.2 Å². The van der Waals surface area contributed by atoms with E-state index >= 15 is 0 Å². The van der Waals surface area contributed by atoms with Gasteiger partial charge in [0.15, 0.2) is 0 Å². The average Bonchev–Trinajstić information content (AvgIpc) is 2.37. The minimum absolute atomic E-state index is 0.136. The zero-order valence-corrected chi connectivity index (χ0v) is 11.2. The highest BCUT2D eigenvalue weighted by Crippen LogP contribution is 2.06. The zero-order chi connectivity index (χ0) is 13.2. The van der Waals surface area contributed by atoms with Gasteiger partial charge in [0.05, 0.1) is 6.61 Å². The van der Waals surface area contributed by atoms with Crippen LogP contribution < -0.4 is 10.6 Å². The standard InChI is InChI=1S/C13H24N2O3/c1-2-3-4-5-6-7-8-9-18-13(17)15-11-10-14-12(11)16/h11H,2-10H2,1H3,(H,14,16)(H,15,17)/t11-/m0/s1. The van der Waals surface area contributed by atoms with E-state index < -0.39 is 12.1 Å². The van der Waals surface area contributed by atoms with Crippen molar-refractivity contribution in [3.05, 3.63) is 0 Å². The Kier molecular flexibility index (Phi) is 7.22. The van der Waals surface area contributed by atoms with Gasteiger partial charge in [-0.05, 0) is 6.42 Å². The third kappa shape index (κ3) is 5.89. The number of unbranched alkanes of at least 4 members (excludes halogenated alkanes) is 6. The van der Waals surface area contributed by atoms with Crippen LogP contribution in [0.5, 0.6) is 0 Å². The number of hydrogen-bond donors (Lipinski definition) is 2. The maximum atomic E-state index is 11.3. The average molecular weight is 256 g/mol. The molecule has 1 rings (SSSR count). The summed E-state index contributed by atoms with van der Waals surface area (Å²) in [7, 11) is 0. The van der Waals surface area contributed by atoms with Crippen LogP contribution in [0.2, 0.25) is 0 Å². The molecule has 0 bridgehead atoms. The molecule has 0 saturated carbocycles. The van der Waals surface area contributed by atoms with Crippen LogP contribution >= 0.6 is 0 Å². The number of carbonyl (C=O) groups excluding carboxylic acids is 2.